The molecule has 104 valence electrons. The summed E-state index contributed by atoms with van der Waals surface area (Å²) in [7, 11) is 0. The second kappa shape index (κ2) is 6.33. The van der Waals surface area contributed by atoms with Gasteiger partial charge in [0.15, 0.2) is 0 Å². The Balaban J connectivity index is 1.92. The number of aryl methyl sites for hydroxylation is 1. The SMILES string of the molecule is Cc1cccc(C(=O)NCCc2ccc(F)cc2)c1C. The topological polar surface area (TPSA) is 29.1 Å². The molecule has 0 aliphatic carbocycles. The molecule has 1 amide bonds. The first-order valence-corrected chi connectivity index (χ1v) is 6.67. The zero-order valence-electron chi connectivity index (χ0n) is 11.7. The third-order valence-corrected chi connectivity index (χ3v) is 3.46. The van der Waals surface area contributed by atoms with Gasteiger partial charge in [0.2, 0.25) is 0 Å². The lowest BCUT2D eigenvalue weighted by Gasteiger charge is -2.09. The predicted octanol–water partition coefficient (Wildman–Crippen LogP) is 3.42. The van der Waals surface area contributed by atoms with Crippen molar-refractivity contribution in [2.24, 2.45) is 0 Å². The first kappa shape index (κ1) is 14.3. The smallest absolute Gasteiger partial charge is 0.251 e. The minimum Gasteiger partial charge on any atom is -0.352 e. The van der Waals surface area contributed by atoms with Crippen LogP contribution in [0.1, 0.15) is 27.0 Å². The Kier molecular flexibility index (Phi) is 4.51. The fourth-order valence-corrected chi connectivity index (χ4v) is 2.06. The molecular formula is C17H18FNO. The Morgan fingerprint density at radius 2 is 1.80 bits per heavy atom. The van der Waals surface area contributed by atoms with Crippen molar-refractivity contribution in [1.29, 1.82) is 0 Å². The molecule has 2 aromatic carbocycles. The summed E-state index contributed by atoms with van der Waals surface area (Å²) in [5.41, 5.74) is 3.83. The highest BCUT2D eigenvalue weighted by molar-refractivity contribution is 5.95. The maximum Gasteiger partial charge on any atom is 0.251 e. The number of hydrogen-bond donors (Lipinski definition) is 1. The van der Waals surface area contributed by atoms with Crippen LogP contribution in [0.5, 0.6) is 0 Å². The van der Waals surface area contributed by atoms with Crippen molar-refractivity contribution in [3.05, 3.63) is 70.5 Å². The monoisotopic (exact) mass is 271 g/mol. The van der Waals surface area contributed by atoms with Crippen molar-refractivity contribution in [2.75, 3.05) is 6.54 Å². The fraction of sp³-hybridized carbons (Fsp3) is 0.235. The molecule has 2 rings (SSSR count). The number of hydrogen-bond acceptors (Lipinski definition) is 1. The van der Waals surface area contributed by atoms with E-state index in [1.807, 2.05) is 32.0 Å². The van der Waals surface area contributed by atoms with Crippen LogP contribution in [0.4, 0.5) is 4.39 Å². The number of nitrogens with one attached hydrogen (secondary N) is 1. The van der Waals surface area contributed by atoms with E-state index in [4.69, 9.17) is 0 Å². The molecule has 0 spiro atoms. The highest BCUT2D eigenvalue weighted by atomic mass is 19.1. The van der Waals surface area contributed by atoms with Gasteiger partial charge in [-0.15, -0.1) is 0 Å². The Morgan fingerprint density at radius 3 is 2.50 bits per heavy atom. The van der Waals surface area contributed by atoms with E-state index >= 15 is 0 Å². The molecule has 2 nitrogen and oxygen atoms in total. The van der Waals surface area contributed by atoms with Gasteiger partial charge in [-0.05, 0) is 55.2 Å². The maximum atomic E-state index is 12.8. The van der Waals surface area contributed by atoms with E-state index in [0.717, 1.165) is 16.7 Å². The van der Waals surface area contributed by atoms with Crippen LogP contribution in [0, 0.1) is 19.7 Å². The largest absolute Gasteiger partial charge is 0.352 e. The Labute approximate surface area is 118 Å². The van der Waals surface area contributed by atoms with Gasteiger partial charge >= 0.3 is 0 Å². The van der Waals surface area contributed by atoms with Crippen LogP contribution in [0.25, 0.3) is 0 Å². The molecule has 0 aliphatic heterocycles. The summed E-state index contributed by atoms with van der Waals surface area (Å²) < 4.78 is 12.8. The first-order valence-electron chi connectivity index (χ1n) is 6.67. The zero-order chi connectivity index (χ0) is 14.5. The summed E-state index contributed by atoms with van der Waals surface area (Å²) >= 11 is 0. The van der Waals surface area contributed by atoms with Crippen LogP contribution in [0.15, 0.2) is 42.5 Å². The number of amides is 1. The number of carbonyl (C=O) groups excluding carboxylic acids is 1. The lowest BCUT2D eigenvalue weighted by molar-refractivity contribution is 0.0953. The molecule has 0 aliphatic rings. The average molecular weight is 271 g/mol. The average Bonchev–Trinajstić information content (AvgIpc) is 2.44. The van der Waals surface area contributed by atoms with Gasteiger partial charge in [-0.2, -0.15) is 0 Å². The van der Waals surface area contributed by atoms with E-state index in [0.29, 0.717) is 18.5 Å². The van der Waals surface area contributed by atoms with Crippen molar-refractivity contribution < 1.29 is 9.18 Å². The Morgan fingerprint density at radius 1 is 1.10 bits per heavy atom. The third-order valence-electron chi connectivity index (χ3n) is 3.46. The molecule has 3 heteroatoms. The van der Waals surface area contributed by atoms with E-state index in [1.165, 1.54) is 12.1 Å². The van der Waals surface area contributed by atoms with Crippen molar-refractivity contribution in [3.8, 4) is 0 Å². The predicted molar refractivity (Wildman–Crippen MR) is 78.4 cm³/mol. The molecule has 0 heterocycles. The van der Waals surface area contributed by atoms with E-state index in [2.05, 4.69) is 5.32 Å². The number of carbonyl (C=O) groups is 1. The molecule has 0 bridgehead atoms. The van der Waals surface area contributed by atoms with Gasteiger partial charge < -0.3 is 5.32 Å². The second-order valence-electron chi connectivity index (χ2n) is 4.88. The van der Waals surface area contributed by atoms with Gasteiger partial charge in [0.25, 0.3) is 5.91 Å². The van der Waals surface area contributed by atoms with E-state index in [-0.39, 0.29) is 11.7 Å². The van der Waals surface area contributed by atoms with Crippen LogP contribution in [0.2, 0.25) is 0 Å². The molecule has 0 saturated carbocycles. The van der Waals surface area contributed by atoms with Crippen molar-refractivity contribution in [1.82, 2.24) is 5.32 Å². The van der Waals surface area contributed by atoms with E-state index < -0.39 is 0 Å². The highest BCUT2D eigenvalue weighted by Crippen LogP contribution is 2.12. The summed E-state index contributed by atoms with van der Waals surface area (Å²) in [4.78, 5) is 12.1. The zero-order valence-corrected chi connectivity index (χ0v) is 11.7. The van der Waals surface area contributed by atoms with Crippen LogP contribution in [-0.4, -0.2) is 12.5 Å². The maximum absolute atomic E-state index is 12.8. The Hall–Kier alpha value is -2.16. The summed E-state index contributed by atoms with van der Waals surface area (Å²) in [6.07, 6.45) is 0.691. The lowest BCUT2D eigenvalue weighted by atomic mass is 10.0. The summed E-state index contributed by atoms with van der Waals surface area (Å²) in [6.45, 7) is 4.48. The van der Waals surface area contributed by atoms with Gasteiger partial charge in [-0.3, -0.25) is 4.79 Å². The molecule has 2 aromatic rings. The quantitative estimate of drug-likeness (QED) is 0.907. The van der Waals surface area contributed by atoms with Gasteiger partial charge in [0, 0.05) is 12.1 Å². The molecule has 0 atom stereocenters. The molecule has 0 radical (unpaired) electrons. The summed E-state index contributed by atoms with van der Waals surface area (Å²) in [6, 6.07) is 12.0. The standard InChI is InChI=1S/C17H18FNO/c1-12-4-3-5-16(13(12)2)17(20)19-11-10-14-6-8-15(18)9-7-14/h3-9H,10-11H2,1-2H3,(H,19,20). The molecule has 0 aromatic heterocycles. The fourth-order valence-electron chi connectivity index (χ4n) is 2.06. The van der Waals surface area contributed by atoms with Crippen LogP contribution in [-0.2, 0) is 6.42 Å². The van der Waals surface area contributed by atoms with Crippen molar-refractivity contribution in [2.45, 2.75) is 20.3 Å². The van der Waals surface area contributed by atoms with Crippen molar-refractivity contribution in [3.63, 3.8) is 0 Å². The van der Waals surface area contributed by atoms with Crippen LogP contribution < -0.4 is 5.32 Å². The third kappa shape index (κ3) is 3.44. The number of halogens is 1. The lowest BCUT2D eigenvalue weighted by Crippen LogP contribution is -2.26. The molecule has 0 unspecified atom stereocenters. The van der Waals surface area contributed by atoms with Crippen molar-refractivity contribution >= 4 is 5.91 Å². The molecular weight excluding hydrogens is 253 g/mol. The Bertz CT molecular complexity index is 605. The molecule has 0 fully saturated rings. The minimum absolute atomic E-state index is 0.0617. The number of benzene rings is 2. The van der Waals surface area contributed by atoms with Gasteiger partial charge in [-0.25, -0.2) is 4.39 Å². The summed E-state index contributed by atoms with van der Waals surface area (Å²) in [5, 5.41) is 2.90. The second-order valence-corrected chi connectivity index (χ2v) is 4.88. The molecule has 20 heavy (non-hydrogen) atoms. The van der Waals surface area contributed by atoms with Gasteiger partial charge in [-0.1, -0.05) is 24.3 Å². The van der Waals surface area contributed by atoms with Gasteiger partial charge in [0.1, 0.15) is 5.82 Å². The highest BCUT2D eigenvalue weighted by Gasteiger charge is 2.09. The van der Waals surface area contributed by atoms with Crippen LogP contribution in [0.3, 0.4) is 0 Å². The van der Waals surface area contributed by atoms with Gasteiger partial charge in [0.05, 0.1) is 0 Å². The summed E-state index contributed by atoms with van der Waals surface area (Å²) in [5.74, 6) is -0.304. The normalized spacial score (nSPS) is 10.3. The number of rotatable bonds is 4. The molecule has 0 saturated heterocycles. The van der Waals surface area contributed by atoms with Crippen LogP contribution >= 0.6 is 0 Å². The molecule has 1 N–H and O–H groups in total. The first-order chi connectivity index (χ1) is 9.58. The minimum atomic E-state index is -0.242. The van der Waals surface area contributed by atoms with E-state index in [9.17, 15) is 9.18 Å². The van der Waals surface area contributed by atoms with E-state index in [1.54, 1.807) is 12.1 Å².